The molecule has 32 heavy (non-hydrogen) atoms. The maximum absolute atomic E-state index is 12.8. The monoisotopic (exact) mass is 488 g/mol. The number of likely N-dealkylation sites (tertiary alicyclic amines) is 1. The van der Waals surface area contributed by atoms with E-state index in [0.29, 0.717) is 12.0 Å². The molecule has 0 radical (unpaired) electrons. The smallest absolute Gasteiger partial charge is 0.410 e. The van der Waals surface area contributed by atoms with Crippen molar-refractivity contribution in [1.82, 2.24) is 4.90 Å². The topological polar surface area (TPSA) is 125 Å². The highest BCUT2D eigenvalue weighted by molar-refractivity contribution is 7.85. The second-order valence-electron chi connectivity index (χ2n) is 9.51. The van der Waals surface area contributed by atoms with Gasteiger partial charge in [-0.1, -0.05) is 20.8 Å². The number of nitro groups is 1. The van der Waals surface area contributed by atoms with Crippen molar-refractivity contribution in [3.8, 4) is 0 Å². The van der Waals surface area contributed by atoms with Gasteiger partial charge in [-0.05, 0) is 42.2 Å². The van der Waals surface area contributed by atoms with Gasteiger partial charge in [0.15, 0.2) is 8.32 Å². The molecule has 1 aliphatic rings. The molecule has 0 aliphatic carbocycles. The van der Waals surface area contributed by atoms with E-state index in [0.717, 1.165) is 6.26 Å². The molecule has 0 unspecified atom stereocenters. The molecule has 0 saturated carbocycles. The number of hydrogen-bond acceptors (Lipinski definition) is 8. The molecule has 0 N–H and O–H groups in total. The number of ether oxygens (including phenoxy) is 1. The van der Waals surface area contributed by atoms with E-state index in [2.05, 4.69) is 33.9 Å². The Balaban J connectivity index is 2.07. The van der Waals surface area contributed by atoms with Crippen LogP contribution in [0.3, 0.4) is 0 Å². The molecule has 1 fully saturated rings. The third-order valence-corrected chi connectivity index (χ3v) is 11.0. The summed E-state index contributed by atoms with van der Waals surface area (Å²) < 4.78 is 39.7. The Labute approximate surface area is 190 Å². The zero-order valence-electron chi connectivity index (χ0n) is 19.4. The summed E-state index contributed by atoms with van der Waals surface area (Å²) in [5, 5.41) is 10.7. The number of carbonyl (C=O) groups excluding carboxylic acids is 1. The molecule has 0 spiro atoms. The van der Waals surface area contributed by atoms with E-state index >= 15 is 0 Å². The average molecular weight is 489 g/mol. The molecule has 180 valence electrons. The highest BCUT2D eigenvalue weighted by Crippen LogP contribution is 2.39. The highest BCUT2D eigenvalue weighted by Gasteiger charge is 2.44. The minimum absolute atomic E-state index is 0.0183. The summed E-state index contributed by atoms with van der Waals surface area (Å²) in [6.45, 7) is 10.6. The number of nitro benzene ring substituents is 1. The first-order chi connectivity index (χ1) is 14.6. The third-order valence-electron chi connectivity index (χ3n) is 5.86. The Morgan fingerprint density at radius 2 is 1.84 bits per heavy atom. The first kappa shape index (κ1) is 26.2. The van der Waals surface area contributed by atoms with Crippen LogP contribution in [0.4, 0.5) is 10.5 Å². The van der Waals surface area contributed by atoms with E-state index in [1.54, 1.807) is 0 Å². The maximum atomic E-state index is 12.8. The lowest BCUT2D eigenvalue weighted by molar-refractivity contribution is -0.384. The number of benzene rings is 1. The van der Waals surface area contributed by atoms with E-state index in [-0.39, 0.29) is 36.6 Å². The molecule has 1 heterocycles. The second-order valence-corrected chi connectivity index (χ2v) is 15.9. The molecular formula is C20H32N2O8SSi. The van der Waals surface area contributed by atoms with Crippen LogP contribution in [0, 0.1) is 10.1 Å². The lowest BCUT2D eigenvalue weighted by atomic mass is 10.2. The highest BCUT2D eigenvalue weighted by atomic mass is 32.2. The summed E-state index contributed by atoms with van der Waals surface area (Å²) in [7, 11) is -5.77. The van der Waals surface area contributed by atoms with Gasteiger partial charge in [0.2, 0.25) is 0 Å². The fourth-order valence-corrected chi connectivity index (χ4v) is 4.84. The van der Waals surface area contributed by atoms with E-state index in [1.165, 1.54) is 29.2 Å². The molecule has 2 atom stereocenters. The van der Waals surface area contributed by atoms with Crippen molar-refractivity contribution in [2.45, 2.75) is 64.1 Å². The Kier molecular flexibility index (Phi) is 8.08. The van der Waals surface area contributed by atoms with Crippen LogP contribution in [0.5, 0.6) is 0 Å². The molecule has 1 aliphatic heterocycles. The first-order valence-electron chi connectivity index (χ1n) is 10.3. The average Bonchev–Trinajstić information content (AvgIpc) is 3.05. The Bertz CT molecular complexity index is 928. The molecule has 12 heteroatoms. The summed E-state index contributed by atoms with van der Waals surface area (Å²) >= 11 is 0. The molecule has 0 bridgehead atoms. The molecule has 1 amide bonds. The van der Waals surface area contributed by atoms with Crippen molar-refractivity contribution >= 4 is 30.2 Å². The summed E-state index contributed by atoms with van der Waals surface area (Å²) in [6, 6.07) is 5.20. The summed E-state index contributed by atoms with van der Waals surface area (Å²) in [5.74, 6) is 0. The number of amides is 1. The normalized spacial score (nSPS) is 19.8. The van der Waals surface area contributed by atoms with Gasteiger partial charge in [0.25, 0.3) is 15.8 Å². The van der Waals surface area contributed by atoms with Gasteiger partial charge in [-0.3, -0.25) is 14.3 Å². The molecule has 2 rings (SSSR count). The zero-order chi connectivity index (χ0) is 24.3. The number of hydrogen-bond donors (Lipinski definition) is 0. The molecule has 10 nitrogen and oxygen atoms in total. The fourth-order valence-electron chi connectivity index (χ4n) is 3.08. The zero-order valence-corrected chi connectivity index (χ0v) is 21.2. The van der Waals surface area contributed by atoms with E-state index in [1.807, 2.05) is 0 Å². The van der Waals surface area contributed by atoms with Gasteiger partial charge in [-0.25, -0.2) is 4.79 Å². The van der Waals surface area contributed by atoms with E-state index in [9.17, 15) is 23.3 Å². The Morgan fingerprint density at radius 3 is 2.34 bits per heavy atom. The van der Waals surface area contributed by atoms with Gasteiger partial charge >= 0.3 is 6.09 Å². The van der Waals surface area contributed by atoms with Gasteiger partial charge in [-0.15, -0.1) is 0 Å². The van der Waals surface area contributed by atoms with Gasteiger partial charge < -0.3 is 14.1 Å². The van der Waals surface area contributed by atoms with Crippen LogP contribution < -0.4 is 0 Å². The Morgan fingerprint density at radius 1 is 1.25 bits per heavy atom. The van der Waals surface area contributed by atoms with Crippen molar-refractivity contribution in [2.75, 3.05) is 19.4 Å². The standard InChI is InChI=1S/C20H32N2O8SSi/c1-20(2,3)32(5,6)30-18-11-17(14-29-31(4,26)27)21(12-18)19(23)28-13-15-7-9-16(10-8-15)22(24)25/h7-10,17-18H,11-14H2,1-6H3/t17-,18+/m0/s1. The minimum atomic E-state index is -3.67. The van der Waals surface area contributed by atoms with Crippen molar-refractivity contribution in [3.63, 3.8) is 0 Å². The molecule has 0 aromatic heterocycles. The van der Waals surface area contributed by atoms with E-state index < -0.39 is 35.5 Å². The van der Waals surface area contributed by atoms with Crippen molar-refractivity contribution < 1.29 is 31.5 Å². The SMILES string of the molecule is CC(C)(C)[Si](C)(C)O[C@@H]1C[C@@H](COS(C)(=O)=O)N(C(=O)OCc2ccc([N+](=O)[O-])cc2)C1. The van der Waals surface area contributed by atoms with Crippen LogP contribution in [-0.4, -0.2) is 64.2 Å². The number of nitrogens with zero attached hydrogens (tertiary/aromatic N) is 2. The van der Waals surface area contributed by atoms with Crippen LogP contribution in [0.2, 0.25) is 18.1 Å². The largest absolute Gasteiger partial charge is 0.445 e. The maximum Gasteiger partial charge on any atom is 0.410 e. The van der Waals surface area contributed by atoms with Gasteiger partial charge in [0, 0.05) is 18.7 Å². The van der Waals surface area contributed by atoms with Crippen LogP contribution in [0.15, 0.2) is 24.3 Å². The molecular weight excluding hydrogens is 456 g/mol. The first-order valence-corrected chi connectivity index (χ1v) is 15.0. The van der Waals surface area contributed by atoms with Crippen LogP contribution in [0.25, 0.3) is 0 Å². The summed E-state index contributed by atoms with van der Waals surface area (Å²) in [5.41, 5.74) is 0.546. The predicted molar refractivity (Wildman–Crippen MR) is 121 cm³/mol. The lowest BCUT2D eigenvalue weighted by Gasteiger charge is -2.38. The van der Waals surface area contributed by atoms with Crippen molar-refractivity contribution in [3.05, 3.63) is 39.9 Å². The molecule has 1 aromatic carbocycles. The Hall–Kier alpha value is -2.02. The van der Waals surface area contributed by atoms with Crippen molar-refractivity contribution in [2.24, 2.45) is 0 Å². The number of carbonyl (C=O) groups is 1. The second kappa shape index (κ2) is 9.85. The van der Waals surface area contributed by atoms with E-state index in [4.69, 9.17) is 13.3 Å². The minimum Gasteiger partial charge on any atom is -0.445 e. The van der Waals surface area contributed by atoms with Crippen LogP contribution in [0.1, 0.15) is 32.8 Å². The van der Waals surface area contributed by atoms with Crippen molar-refractivity contribution in [1.29, 1.82) is 0 Å². The predicted octanol–water partition coefficient (Wildman–Crippen LogP) is 3.67. The lowest BCUT2D eigenvalue weighted by Crippen LogP contribution is -2.45. The van der Waals surface area contributed by atoms with Crippen LogP contribution >= 0.6 is 0 Å². The third kappa shape index (κ3) is 7.25. The summed E-state index contributed by atoms with van der Waals surface area (Å²) in [6.07, 6.45) is 0.528. The number of non-ortho nitro benzene ring substituents is 1. The quantitative estimate of drug-likeness (QED) is 0.235. The van der Waals surface area contributed by atoms with Crippen LogP contribution in [-0.2, 0) is 30.1 Å². The summed E-state index contributed by atoms with van der Waals surface area (Å²) in [4.78, 5) is 24.5. The molecule has 1 aromatic rings. The van der Waals surface area contributed by atoms with Gasteiger partial charge in [0.05, 0.1) is 29.9 Å². The molecule has 1 saturated heterocycles. The van der Waals surface area contributed by atoms with Gasteiger partial charge in [-0.2, -0.15) is 8.42 Å². The van der Waals surface area contributed by atoms with Gasteiger partial charge in [0.1, 0.15) is 6.61 Å². The number of rotatable bonds is 8. The fraction of sp³-hybridized carbons (Fsp3) is 0.650.